The van der Waals surface area contributed by atoms with Crippen LogP contribution in [-0.4, -0.2) is 25.7 Å². The Morgan fingerprint density at radius 2 is 2.06 bits per heavy atom. The van der Waals surface area contributed by atoms with E-state index in [-0.39, 0.29) is 0 Å². The number of hydrogen-bond donors (Lipinski definition) is 1. The van der Waals surface area contributed by atoms with Gasteiger partial charge in [0.25, 0.3) is 0 Å². The SMILES string of the molecule is Cc1cccc(N2CCC(CNC3CC3)C2)c1C. The van der Waals surface area contributed by atoms with Gasteiger partial charge in [-0.1, -0.05) is 12.1 Å². The van der Waals surface area contributed by atoms with Crippen LogP contribution in [0.15, 0.2) is 18.2 Å². The Morgan fingerprint density at radius 3 is 2.83 bits per heavy atom. The summed E-state index contributed by atoms with van der Waals surface area (Å²) in [5.41, 5.74) is 4.31. The average Bonchev–Trinajstić information content (AvgIpc) is 3.08. The Balaban J connectivity index is 1.61. The van der Waals surface area contributed by atoms with Gasteiger partial charge in [-0.25, -0.2) is 0 Å². The van der Waals surface area contributed by atoms with Crippen molar-refractivity contribution in [2.45, 2.75) is 39.2 Å². The predicted octanol–water partition coefficient (Wildman–Crippen LogP) is 2.88. The highest BCUT2D eigenvalue weighted by molar-refractivity contribution is 5.56. The fourth-order valence-corrected chi connectivity index (χ4v) is 2.92. The standard InChI is InChI=1S/C16H24N2/c1-12-4-3-5-16(13(12)2)18-9-8-14(11-18)10-17-15-6-7-15/h3-5,14-15,17H,6-11H2,1-2H3. The van der Waals surface area contributed by atoms with Crippen LogP contribution in [0.5, 0.6) is 0 Å². The zero-order valence-electron chi connectivity index (χ0n) is 11.6. The van der Waals surface area contributed by atoms with Gasteiger partial charge in [-0.05, 0) is 62.8 Å². The van der Waals surface area contributed by atoms with Gasteiger partial charge in [0.1, 0.15) is 0 Å². The van der Waals surface area contributed by atoms with E-state index in [1.165, 1.54) is 55.7 Å². The first-order valence-electron chi connectivity index (χ1n) is 7.28. The van der Waals surface area contributed by atoms with Crippen molar-refractivity contribution in [3.63, 3.8) is 0 Å². The lowest BCUT2D eigenvalue weighted by molar-refractivity contribution is 0.515. The van der Waals surface area contributed by atoms with Crippen molar-refractivity contribution in [3.8, 4) is 0 Å². The zero-order valence-corrected chi connectivity index (χ0v) is 11.6. The monoisotopic (exact) mass is 244 g/mol. The Bertz CT molecular complexity index is 423. The minimum Gasteiger partial charge on any atom is -0.371 e. The van der Waals surface area contributed by atoms with Gasteiger partial charge in [0.15, 0.2) is 0 Å². The summed E-state index contributed by atoms with van der Waals surface area (Å²) in [5, 5.41) is 3.67. The highest BCUT2D eigenvalue weighted by atomic mass is 15.2. The molecule has 1 N–H and O–H groups in total. The second kappa shape index (κ2) is 4.93. The first-order valence-corrected chi connectivity index (χ1v) is 7.28. The molecule has 1 atom stereocenters. The van der Waals surface area contributed by atoms with Gasteiger partial charge in [0, 0.05) is 24.8 Å². The van der Waals surface area contributed by atoms with Crippen LogP contribution in [-0.2, 0) is 0 Å². The Hall–Kier alpha value is -1.02. The van der Waals surface area contributed by atoms with Crippen LogP contribution in [0.4, 0.5) is 5.69 Å². The third kappa shape index (κ3) is 2.54. The molecular weight excluding hydrogens is 220 g/mol. The van der Waals surface area contributed by atoms with E-state index in [9.17, 15) is 0 Å². The lowest BCUT2D eigenvalue weighted by atomic mass is 10.1. The Kier molecular flexibility index (Phi) is 3.29. The van der Waals surface area contributed by atoms with Crippen molar-refractivity contribution in [1.29, 1.82) is 0 Å². The highest BCUT2D eigenvalue weighted by Crippen LogP contribution is 2.28. The van der Waals surface area contributed by atoms with Gasteiger partial charge in [0.2, 0.25) is 0 Å². The summed E-state index contributed by atoms with van der Waals surface area (Å²) in [6, 6.07) is 7.52. The molecule has 2 nitrogen and oxygen atoms in total. The normalized spacial score (nSPS) is 23.7. The molecule has 0 radical (unpaired) electrons. The van der Waals surface area contributed by atoms with Crippen LogP contribution in [0.25, 0.3) is 0 Å². The summed E-state index contributed by atoms with van der Waals surface area (Å²) >= 11 is 0. The van der Waals surface area contributed by atoms with Crippen molar-refractivity contribution in [3.05, 3.63) is 29.3 Å². The van der Waals surface area contributed by atoms with Gasteiger partial charge in [-0.15, -0.1) is 0 Å². The molecule has 1 aliphatic heterocycles. The van der Waals surface area contributed by atoms with Crippen molar-refractivity contribution < 1.29 is 0 Å². The van der Waals surface area contributed by atoms with E-state index < -0.39 is 0 Å². The van der Waals surface area contributed by atoms with Crippen molar-refractivity contribution in [2.75, 3.05) is 24.5 Å². The molecule has 98 valence electrons. The van der Waals surface area contributed by atoms with Crippen LogP contribution >= 0.6 is 0 Å². The lowest BCUT2D eigenvalue weighted by Crippen LogP contribution is -2.27. The largest absolute Gasteiger partial charge is 0.371 e. The van der Waals surface area contributed by atoms with E-state index in [1.807, 2.05) is 0 Å². The number of nitrogens with one attached hydrogen (secondary N) is 1. The molecule has 0 aromatic heterocycles. The van der Waals surface area contributed by atoms with Crippen LogP contribution in [0.2, 0.25) is 0 Å². The molecule has 1 aliphatic carbocycles. The first-order chi connectivity index (χ1) is 8.74. The topological polar surface area (TPSA) is 15.3 Å². The number of anilines is 1. The summed E-state index contributed by atoms with van der Waals surface area (Å²) in [6.45, 7) is 8.12. The summed E-state index contributed by atoms with van der Waals surface area (Å²) < 4.78 is 0. The van der Waals surface area contributed by atoms with Gasteiger partial charge < -0.3 is 10.2 Å². The number of rotatable bonds is 4. The van der Waals surface area contributed by atoms with Crippen LogP contribution in [0, 0.1) is 19.8 Å². The van der Waals surface area contributed by atoms with Crippen LogP contribution < -0.4 is 10.2 Å². The molecule has 3 rings (SSSR count). The van der Waals surface area contributed by atoms with E-state index >= 15 is 0 Å². The second-order valence-corrected chi connectivity index (χ2v) is 6.00. The second-order valence-electron chi connectivity index (χ2n) is 6.00. The van der Waals surface area contributed by atoms with E-state index in [0.717, 1.165) is 12.0 Å². The first kappa shape index (κ1) is 12.0. The van der Waals surface area contributed by atoms with E-state index in [4.69, 9.17) is 0 Å². The third-order valence-electron chi connectivity index (χ3n) is 4.48. The van der Waals surface area contributed by atoms with Crippen LogP contribution in [0.1, 0.15) is 30.4 Å². The van der Waals surface area contributed by atoms with Crippen LogP contribution in [0.3, 0.4) is 0 Å². The molecule has 1 saturated carbocycles. The maximum absolute atomic E-state index is 3.67. The van der Waals surface area contributed by atoms with Crippen molar-refractivity contribution in [2.24, 2.45) is 5.92 Å². The molecule has 1 unspecified atom stereocenters. The van der Waals surface area contributed by atoms with E-state index in [2.05, 4.69) is 42.3 Å². The lowest BCUT2D eigenvalue weighted by Gasteiger charge is -2.22. The molecule has 2 aliphatic rings. The highest BCUT2D eigenvalue weighted by Gasteiger charge is 2.26. The summed E-state index contributed by atoms with van der Waals surface area (Å²) in [4.78, 5) is 2.57. The molecule has 0 amide bonds. The molecule has 2 heteroatoms. The molecule has 0 spiro atoms. The molecule has 18 heavy (non-hydrogen) atoms. The molecule has 1 aromatic carbocycles. The van der Waals surface area contributed by atoms with Gasteiger partial charge >= 0.3 is 0 Å². The zero-order chi connectivity index (χ0) is 12.5. The van der Waals surface area contributed by atoms with Gasteiger partial charge in [-0.3, -0.25) is 0 Å². The Labute approximate surface area is 110 Å². The van der Waals surface area contributed by atoms with E-state index in [1.54, 1.807) is 0 Å². The van der Waals surface area contributed by atoms with Gasteiger partial charge in [0.05, 0.1) is 0 Å². The quantitative estimate of drug-likeness (QED) is 0.876. The average molecular weight is 244 g/mol. The minimum atomic E-state index is 0.838. The van der Waals surface area contributed by atoms with Crippen molar-refractivity contribution >= 4 is 5.69 Å². The molecule has 1 aromatic rings. The maximum Gasteiger partial charge on any atom is 0.0398 e. The fourth-order valence-electron chi connectivity index (χ4n) is 2.92. The molecule has 1 saturated heterocycles. The number of hydrogen-bond acceptors (Lipinski definition) is 2. The summed E-state index contributed by atoms with van der Waals surface area (Å²) in [6.07, 6.45) is 4.13. The Morgan fingerprint density at radius 1 is 1.22 bits per heavy atom. The number of nitrogens with zero attached hydrogens (tertiary/aromatic N) is 1. The van der Waals surface area contributed by atoms with E-state index in [0.29, 0.717) is 0 Å². The third-order valence-corrected chi connectivity index (χ3v) is 4.48. The predicted molar refractivity (Wildman–Crippen MR) is 77.3 cm³/mol. The fraction of sp³-hybridized carbons (Fsp3) is 0.625. The minimum absolute atomic E-state index is 0.838. The molecule has 0 bridgehead atoms. The maximum atomic E-state index is 3.67. The smallest absolute Gasteiger partial charge is 0.0398 e. The summed E-state index contributed by atoms with van der Waals surface area (Å²) in [5.74, 6) is 0.838. The van der Waals surface area contributed by atoms with Gasteiger partial charge in [-0.2, -0.15) is 0 Å². The summed E-state index contributed by atoms with van der Waals surface area (Å²) in [7, 11) is 0. The van der Waals surface area contributed by atoms with Crippen molar-refractivity contribution in [1.82, 2.24) is 5.32 Å². The number of benzene rings is 1. The molecular formula is C16H24N2. The number of aryl methyl sites for hydroxylation is 1. The molecule has 1 heterocycles. The molecule has 2 fully saturated rings.